The summed E-state index contributed by atoms with van der Waals surface area (Å²) in [6.45, 7) is 8.15. The van der Waals surface area contributed by atoms with Gasteiger partial charge in [0.25, 0.3) is 0 Å². The van der Waals surface area contributed by atoms with E-state index in [0.29, 0.717) is 12.6 Å². The molecule has 0 rings (SSSR count). The van der Waals surface area contributed by atoms with Crippen molar-refractivity contribution in [1.29, 1.82) is 0 Å². The van der Waals surface area contributed by atoms with E-state index in [2.05, 4.69) is 20.8 Å². The largest absolute Gasteiger partial charge is 0.491 e. The minimum absolute atomic E-state index is 0.194. The molecule has 0 aliphatic rings. The van der Waals surface area contributed by atoms with Crippen molar-refractivity contribution < 1.29 is 18.9 Å². The maximum Gasteiger partial charge on any atom is 0.321 e. The SMILES string of the molecule is CCCCCCCCC/C(OCCCC)=C(\OCCCC)OCOC. The molecule has 0 aromatic carbocycles. The van der Waals surface area contributed by atoms with Crippen molar-refractivity contribution in [2.45, 2.75) is 97.8 Å². The third-order valence-electron chi connectivity index (χ3n) is 4.05. The molecule has 0 N–H and O–H groups in total. The van der Waals surface area contributed by atoms with Gasteiger partial charge >= 0.3 is 5.95 Å². The lowest BCUT2D eigenvalue weighted by molar-refractivity contribution is -0.0690. The predicted molar refractivity (Wildman–Crippen MR) is 104 cm³/mol. The number of hydrogen-bond acceptors (Lipinski definition) is 4. The minimum Gasteiger partial charge on any atom is -0.491 e. The average molecular weight is 359 g/mol. The van der Waals surface area contributed by atoms with Crippen LogP contribution in [0, 0.1) is 0 Å². The quantitative estimate of drug-likeness (QED) is 0.149. The third kappa shape index (κ3) is 15.1. The van der Waals surface area contributed by atoms with Crippen LogP contribution in [-0.2, 0) is 18.9 Å². The Morgan fingerprint density at radius 1 is 0.600 bits per heavy atom. The highest BCUT2D eigenvalue weighted by Gasteiger charge is 2.12. The van der Waals surface area contributed by atoms with Crippen molar-refractivity contribution in [3.05, 3.63) is 11.7 Å². The zero-order chi connectivity index (χ0) is 18.6. The molecule has 0 saturated heterocycles. The first-order valence-corrected chi connectivity index (χ1v) is 10.4. The molecule has 0 amide bonds. The summed E-state index contributed by atoms with van der Waals surface area (Å²) in [5, 5.41) is 0. The number of methoxy groups -OCH3 is 1. The van der Waals surface area contributed by atoms with Gasteiger partial charge in [0.1, 0.15) is 0 Å². The number of rotatable bonds is 19. The van der Waals surface area contributed by atoms with E-state index in [1.54, 1.807) is 7.11 Å². The van der Waals surface area contributed by atoms with E-state index in [0.717, 1.165) is 50.9 Å². The van der Waals surface area contributed by atoms with E-state index >= 15 is 0 Å². The zero-order valence-corrected chi connectivity index (χ0v) is 17.2. The van der Waals surface area contributed by atoms with Crippen molar-refractivity contribution in [3.63, 3.8) is 0 Å². The fourth-order valence-electron chi connectivity index (χ4n) is 2.44. The normalized spacial score (nSPS) is 12.0. The molecule has 0 heterocycles. The van der Waals surface area contributed by atoms with Crippen LogP contribution in [0.3, 0.4) is 0 Å². The Morgan fingerprint density at radius 3 is 1.76 bits per heavy atom. The molecule has 0 bridgehead atoms. The van der Waals surface area contributed by atoms with Crippen molar-refractivity contribution in [3.8, 4) is 0 Å². The fraction of sp³-hybridized carbons (Fsp3) is 0.905. The van der Waals surface area contributed by atoms with Gasteiger partial charge in [0.05, 0.1) is 13.2 Å². The average Bonchev–Trinajstić information content (AvgIpc) is 2.62. The summed E-state index contributed by atoms with van der Waals surface area (Å²) in [6, 6.07) is 0. The number of unbranched alkanes of at least 4 members (excludes halogenated alkanes) is 8. The summed E-state index contributed by atoms with van der Waals surface area (Å²) in [7, 11) is 1.62. The summed E-state index contributed by atoms with van der Waals surface area (Å²) in [6.07, 6.45) is 14.2. The zero-order valence-electron chi connectivity index (χ0n) is 17.2. The Hall–Kier alpha value is -0.900. The van der Waals surface area contributed by atoms with Gasteiger partial charge in [0, 0.05) is 13.5 Å². The molecule has 25 heavy (non-hydrogen) atoms. The molecule has 0 radical (unpaired) electrons. The predicted octanol–water partition coefficient (Wildman–Crippen LogP) is 6.55. The van der Waals surface area contributed by atoms with E-state index in [9.17, 15) is 0 Å². The molecule has 0 unspecified atom stereocenters. The lowest BCUT2D eigenvalue weighted by Gasteiger charge is -2.17. The molecule has 0 aromatic rings. The Kier molecular flexibility index (Phi) is 18.7. The monoisotopic (exact) mass is 358 g/mol. The molecule has 0 aromatic heterocycles. The molecule has 0 atom stereocenters. The second-order valence-corrected chi connectivity index (χ2v) is 6.54. The van der Waals surface area contributed by atoms with E-state index in [4.69, 9.17) is 18.9 Å². The molecule has 0 aliphatic heterocycles. The highest BCUT2D eigenvalue weighted by molar-refractivity contribution is 4.95. The van der Waals surface area contributed by atoms with Crippen LogP contribution in [-0.4, -0.2) is 27.1 Å². The molecule has 0 fully saturated rings. The van der Waals surface area contributed by atoms with E-state index in [-0.39, 0.29) is 6.79 Å². The van der Waals surface area contributed by atoms with Crippen molar-refractivity contribution in [1.82, 2.24) is 0 Å². The van der Waals surface area contributed by atoms with Gasteiger partial charge in [-0.2, -0.15) is 0 Å². The highest BCUT2D eigenvalue weighted by Crippen LogP contribution is 2.19. The Bertz CT molecular complexity index is 302. The lowest BCUT2D eigenvalue weighted by atomic mass is 10.1. The van der Waals surface area contributed by atoms with Crippen LogP contribution in [0.15, 0.2) is 11.7 Å². The molecule has 4 nitrogen and oxygen atoms in total. The number of hydrogen-bond donors (Lipinski definition) is 0. The molecular formula is C21H42O4. The standard InChI is InChI=1S/C21H42O4/c1-5-8-11-12-13-14-15-16-20(23-17-9-6-2)21(25-19-22-4)24-18-10-7-3/h5-19H2,1-4H3/b21-20-. The van der Waals surface area contributed by atoms with Gasteiger partial charge in [-0.05, 0) is 19.3 Å². The van der Waals surface area contributed by atoms with Gasteiger partial charge in [-0.3, -0.25) is 0 Å². The van der Waals surface area contributed by atoms with Crippen molar-refractivity contribution in [2.75, 3.05) is 27.1 Å². The van der Waals surface area contributed by atoms with Gasteiger partial charge in [0.15, 0.2) is 12.6 Å². The fourth-order valence-corrected chi connectivity index (χ4v) is 2.44. The summed E-state index contributed by atoms with van der Waals surface area (Å²) in [4.78, 5) is 0. The van der Waals surface area contributed by atoms with Gasteiger partial charge in [0.2, 0.25) is 0 Å². The van der Waals surface area contributed by atoms with Crippen LogP contribution in [0.5, 0.6) is 0 Å². The molecule has 0 spiro atoms. The van der Waals surface area contributed by atoms with Gasteiger partial charge < -0.3 is 18.9 Å². The van der Waals surface area contributed by atoms with E-state index in [1.807, 2.05) is 0 Å². The molecule has 4 heteroatoms. The Labute approximate surface area is 156 Å². The van der Waals surface area contributed by atoms with Gasteiger partial charge in [-0.1, -0.05) is 72.1 Å². The number of ether oxygens (including phenoxy) is 4. The highest BCUT2D eigenvalue weighted by atomic mass is 16.7. The molecular weight excluding hydrogens is 316 g/mol. The smallest absolute Gasteiger partial charge is 0.321 e. The second kappa shape index (κ2) is 19.4. The van der Waals surface area contributed by atoms with Crippen LogP contribution in [0.2, 0.25) is 0 Å². The Morgan fingerprint density at radius 2 is 1.16 bits per heavy atom. The summed E-state index contributed by atoms with van der Waals surface area (Å²) >= 11 is 0. The third-order valence-corrected chi connectivity index (χ3v) is 4.05. The molecule has 0 aliphatic carbocycles. The maximum absolute atomic E-state index is 5.99. The van der Waals surface area contributed by atoms with Crippen LogP contribution < -0.4 is 0 Å². The topological polar surface area (TPSA) is 36.9 Å². The van der Waals surface area contributed by atoms with Crippen LogP contribution in [0.1, 0.15) is 97.8 Å². The Balaban J connectivity index is 4.50. The van der Waals surface area contributed by atoms with Crippen molar-refractivity contribution in [2.24, 2.45) is 0 Å². The second-order valence-electron chi connectivity index (χ2n) is 6.54. The first-order chi connectivity index (χ1) is 12.3. The van der Waals surface area contributed by atoms with Gasteiger partial charge in [-0.25, -0.2) is 0 Å². The summed E-state index contributed by atoms with van der Waals surface area (Å²) < 4.78 is 22.5. The first-order valence-electron chi connectivity index (χ1n) is 10.4. The van der Waals surface area contributed by atoms with E-state index in [1.165, 1.54) is 38.5 Å². The van der Waals surface area contributed by atoms with Crippen LogP contribution in [0.25, 0.3) is 0 Å². The molecule has 150 valence electrons. The van der Waals surface area contributed by atoms with Crippen LogP contribution in [0.4, 0.5) is 0 Å². The minimum atomic E-state index is 0.194. The first kappa shape index (κ1) is 24.1. The summed E-state index contributed by atoms with van der Waals surface area (Å²) in [5.41, 5.74) is 0. The van der Waals surface area contributed by atoms with Crippen LogP contribution >= 0.6 is 0 Å². The molecule has 0 saturated carbocycles. The van der Waals surface area contributed by atoms with Crippen molar-refractivity contribution >= 4 is 0 Å². The summed E-state index contributed by atoms with van der Waals surface area (Å²) in [5.74, 6) is 1.38. The number of allylic oxidation sites excluding steroid dienone is 1. The lowest BCUT2D eigenvalue weighted by Crippen LogP contribution is -2.09. The van der Waals surface area contributed by atoms with Gasteiger partial charge in [-0.15, -0.1) is 0 Å². The van der Waals surface area contributed by atoms with E-state index < -0.39 is 0 Å². The maximum atomic E-state index is 5.99.